The van der Waals surface area contributed by atoms with E-state index >= 15 is 0 Å². The quantitative estimate of drug-likeness (QED) is 0.414. The van der Waals surface area contributed by atoms with Gasteiger partial charge in [0.1, 0.15) is 23.7 Å². The van der Waals surface area contributed by atoms with Crippen molar-refractivity contribution in [3.63, 3.8) is 0 Å². The Hall–Kier alpha value is -3.20. The zero-order chi connectivity index (χ0) is 21.0. The van der Waals surface area contributed by atoms with Gasteiger partial charge in [-0.15, -0.1) is 11.3 Å². The summed E-state index contributed by atoms with van der Waals surface area (Å²) in [5, 5.41) is 17.4. The third kappa shape index (κ3) is 4.62. The second kappa shape index (κ2) is 8.87. The molecule has 0 fully saturated rings. The lowest BCUT2D eigenvalue weighted by Gasteiger charge is -2.23. The average Bonchev–Trinajstić information content (AvgIpc) is 3.29. The van der Waals surface area contributed by atoms with Crippen molar-refractivity contribution in [2.45, 2.75) is 33.5 Å². The van der Waals surface area contributed by atoms with Gasteiger partial charge in [-0.3, -0.25) is 19.6 Å². The Morgan fingerprint density at radius 1 is 1.24 bits per heavy atom. The molecule has 1 amide bonds. The van der Waals surface area contributed by atoms with Crippen molar-refractivity contribution in [1.82, 2.24) is 14.7 Å². The van der Waals surface area contributed by atoms with Crippen LogP contribution in [0.3, 0.4) is 0 Å². The van der Waals surface area contributed by atoms with Gasteiger partial charge in [0.05, 0.1) is 18.6 Å². The number of nitrogens with zero attached hydrogens (tertiary/aromatic N) is 4. The number of hydrogen-bond donors (Lipinski definition) is 0. The molecule has 0 aliphatic rings. The van der Waals surface area contributed by atoms with Gasteiger partial charge in [0.25, 0.3) is 0 Å². The first-order valence-corrected chi connectivity index (χ1v) is 9.89. The van der Waals surface area contributed by atoms with Gasteiger partial charge in [0.2, 0.25) is 5.91 Å². The van der Waals surface area contributed by atoms with Crippen LogP contribution in [0.15, 0.2) is 41.8 Å². The molecule has 0 atom stereocenters. The Morgan fingerprint density at radius 3 is 2.62 bits per heavy atom. The van der Waals surface area contributed by atoms with Crippen molar-refractivity contribution < 1.29 is 14.5 Å². The third-order valence-corrected chi connectivity index (χ3v) is 5.51. The highest BCUT2D eigenvalue weighted by atomic mass is 32.1. The van der Waals surface area contributed by atoms with Crippen molar-refractivity contribution in [1.29, 1.82) is 0 Å². The molecular formula is C20H22N4O4S. The van der Waals surface area contributed by atoms with E-state index in [0.717, 1.165) is 10.4 Å². The fourth-order valence-corrected chi connectivity index (χ4v) is 3.92. The van der Waals surface area contributed by atoms with Gasteiger partial charge in [-0.05, 0) is 31.4 Å². The minimum Gasteiger partial charge on any atom is -0.496 e. The van der Waals surface area contributed by atoms with Crippen LogP contribution >= 0.6 is 11.3 Å². The lowest BCUT2D eigenvalue weighted by atomic mass is 10.2. The van der Waals surface area contributed by atoms with Gasteiger partial charge in [0.15, 0.2) is 0 Å². The number of aromatic nitrogens is 2. The summed E-state index contributed by atoms with van der Waals surface area (Å²) in [6.07, 6.45) is 0. The number of carbonyl (C=O) groups excluding carboxylic acids is 1. The maximum atomic E-state index is 13.1. The van der Waals surface area contributed by atoms with Gasteiger partial charge in [0, 0.05) is 17.0 Å². The molecule has 0 aliphatic carbocycles. The van der Waals surface area contributed by atoms with Crippen molar-refractivity contribution in [2.75, 3.05) is 7.11 Å². The van der Waals surface area contributed by atoms with Crippen molar-refractivity contribution in [2.24, 2.45) is 0 Å². The highest BCUT2D eigenvalue weighted by Gasteiger charge is 2.25. The SMILES string of the molecule is COc1ccccc1CN(Cc1cccs1)C(=O)Cn1nc(C)c([N+](=O)[O-])c1C. The third-order valence-electron chi connectivity index (χ3n) is 4.64. The van der Waals surface area contributed by atoms with Crippen molar-refractivity contribution >= 4 is 22.9 Å². The molecule has 0 spiro atoms. The summed E-state index contributed by atoms with van der Waals surface area (Å²) >= 11 is 1.57. The lowest BCUT2D eigenvalue weighted by Crippen LogP contribution is -2.33. The van der Waals surface area contributed by atoms with Gasteiger partial charge < -0.3 is 9.64 Å². The fourth-order valence-electron chi connectivity index (χ4n) is 3.20. The van der Waals surface area contributed by atoms with Crippen LogP contribution in [-0.2, 0) is 24.4 Å². The van der Waals surface area contributed by atoms with Crippen LogP contribution in [0.25, 0.3) is 0 Å². The second-order valence-corrected chi connectivity index (χ2v) is 7.61. The molecule has 0 saturated carbocycles. The van der Waals surface area contributed by atoms with Crippen LogP contribution in [0.4, 0.5) is 5.69 Å². The Kier molecular flexibility index (Phi) is 6.28. The zero-order valence-electron chi connectivity index (χ0n) is 16.5. The Bertz CT molecular complexity index is 1010. The number of rotatable bonds is 8. The molecule has 3 aromatic rings. The van der Waals surface area contributed by atoms with E-state index in [-0.39, 0.29) is 18.1 Å². The molecule has 0 radical (unpaired) electrons. The molecule has 2 aromatic heterocycles. The van der Waals surface area contributed by atoms with Crippen LogP contribution in [0.5, 0.6) is 5.75 Å². The smallest absolute Gasteiger partial charge is 0.312 e. The average molecular weight is 414 g/mol. The van der Waals surface area contributed by atoms with Crippen LogP contribution in [0.1, 0.15) is 21.8 Å². The first-order valence-electron chi connectivity index (χ1n) is 9.01. The number of ether oxygens (including phenoxy) is 1. The predicted octanol–water partition coefficient (Wildman–Crippen LogP) is 3.71. The number of aryl methyl sites for hydroxylation is 1. The minimum absolute atomic E-state index is 0.0488. The normalized spacial score (nSPS) is 10.7. The van der Waals surface area contributed by atoms with E-state index in [4.69, 9.17) is 4.74 Å². The Morgan fingerprint density at radius 2 is 2.00 bits per heavy atom. The molecule has 0 unspecified atom stereocenters. The van der Waals surface area contributed by atoms with E-state index in [1.54, 1.807) is 37.2 Å². The molecule has 152 valence electrons. The van der Waals surface area contributed by atoms with E-state index in [1.165, 1.54) is 4.68 Å². The first-order chi connectivity index (χ1) is 13.9. The molecule has 1 aromatic carbocycles. The molecule has 0 N–H and O–H groups in total. The summed E-state index contributed by atoms with van der Waals surface area (Å²) in [6.45, 7) is 3.92. The fraction of sp³-hybridized carbons (Fsp3) is 0.300. The molecule has 9 heteroatoms. The topological polar surface area (TPSA) is 90.5 Å². The van der Waals surface area contributed by atoms with Crippen molar-refractivity contribution in [3.8, 4) is 5.75 Å². The van der Waals surface area contributed by atoms with Crippen LogP contribution in [0, 0.1) is 24.0 Å². The van der Waals surface area contributed by atoms with Crippen LogP contribution in [-0.4, -0.2) is 32.6 Å². The maximum absolute atomic E-state index is 13.1. The lowest BCUT2D eigenvalue weighted by molar-refractivity contribution is -0.386. The second-order valence-electron chi connectivity index (χ2n) is 6.58. The summed E-state index contributed by atoms with van der Waals surface area (Å²) in [5.74, 6) is 0.531. The Labute approximate surface area is 172 Å². The summed E-state index contributed by atoms with van der Waals surface area (Å²) < 4.78 is 6.82. The number of benzene rings is 1. The molecule has 0 aliphatic heterocycles. The van der Waals surface area contributed by atoms with E-state index in [2.05, 4.69) is 5.10 Å². The highest BCUT2D eigenvalue weighted by Crippen LogP contribution is 2.24. The number of para-hydroxylation sites is 1. The molecule has 0 saturated heterocycles. The molecule has 8 nitrogen and oxygen atoms in total. The van der Waals surface area contributed by atoms with Gasteiger partial charge >= 0.3 is 5.69 Å². The predicted molar refractivity (Wildman–Crippen MR) is 110 cm³/mol. The molecule has 2 heterocycles. The number of nitro groups is 1. The van der Waals surface area contributed by atoms with Crippen LogP contribution in [0.2, 0.25) is 0 Å². The largest absolute Gasteiger partial charge is 0.496 e. The Balaban J connectivity index is 1.86. The van der Waals surface area contributed by atoms with Gasteiger partial charge in [-0.2, -0.15) is 5.10 Å². The molecule has 3 rings (SSSR count). The van der Waals surface area contributed by atoms with E-state index in [9.17, 15) is 14.9 Å². The minimum atomic E-state index is -0.461. The molecule has 29 heavy (non-hydrogen) atoms. The van der Waals surface area contributed by atoms with Gasteiger partial charge in [-0.25, -0.2) is 0 Å². The van der Waals surface area contributed by atoms with Crippen molar-refractivity contribution in [3.05, 3.63) is 73.7 Å². The molecule has 0 bridgehead atoms. The summed E-state index contributed by atoms with van der Waals surface area (Å²) in [5.41, 5.74) is 1.51. The van der Waals surface area contributed by atoms with E-state index in [0.29, 0.717) is 30.2 Å². The highest BCUT2D eigenvalue weighted by molar-refractivity contribution is 7.09. The summed E-state index contributed by atoms with van der Waals surface area (Å²) in [6, 6.07) is 11.5. The summed E-state index contributed by atoms with van der Waals surface area (Å²) in [4.78, 5) is 26.7. The van der Waals surface area contributed by atoms with E-state index < -0.39 is 4.92 Å². The maximum Gasteiger partial charge on any atom is 0.312 e. The summed E-state index contributed by atoms with van der Waals surface area (Å²) in [7, 11) is 1.60. The van der Waals surface area contributed by atoms with Crippen LogP contribution < -0.4 is 4.74 Å². The number of hydrogen-bond acceptors (Lipinski definition) is 6. The zero-order valence-corrected chi connectivity index (χ0v) is 17.3. The first kappa shape index (κ1) is 20.5. The number of methoxy groups -OCH3 is 1. The monoisotopic (exact) mass is 414 g/mol. The van der Waals surface area contributed by atoms with E-state index in [1.807, 2.05) is 41.8 Å². The number of carbonyl (C=O) groups is 1. The standard InChI is InChI=1S/C20H22N4O4S/c1-14-20(24(26)27)15(2)23(21-14)13-19(25)22(12-17-8-6-10-29-17)11-16-7-4-5-9-18(16)28-3/h4-10H,11-13H2,1-3H3. The number of thiophene rings is 1. The number of amides is 1. The molecular weight excluding hydrogens is 392 g/mol. The van der Waals surface area contributed by atoms with Gasteiger partial charge in [-0.1, -0.05) is 24.3 Å².